The normalized spacial score (nSPS) is 21.7. The molecular weight excluding hydrogens is 210 g/mol. The summed E-state index contributed by atoms with van der Waals surface area (Å²) in [6, 6.07) is 0. The molecule has 0 aromatic heterocycles. The summed E-state index contributed by atoms with van der Waals surface area (Å²) in [6.07, 6.45) is 5.13. The zero-order valence-corrected chi connectivity index (χ0v) is 12.2. The maximum atomic E-state index is 5.54. The summed E-state index contributed by atoms with van der Waals surface area (Å²) in [6.45, 7) is 13.5. The predicted molar refractivity (Wildman–Crippen MR) is 74.3 cm³/mol. The van der Waals surface area contributed by atoms with Gasteiger partial charge in [0.2, 0.25) is 0 Å². The van der Waals surface area contributed by atoms with Crippen molar-refractivity contribution >= 4 is 0 Å². The second kappa shape index (κ2) is 7.38. The van der Waals surface area contributed by atoms with Crippen LogP contribution in [0.5, 0.6) is 0 Å². The first-order valence-electron chi connectivity index (χ1n) is 7.36. The highest BCUT2D eigenvalue weighted by atomic mass is 16.5. The van der Waals surface area contributed by atoms with E-state index in [2.05, 4.69) is 33.0 Å². The fourth-order valence-corrected chi connectivity index (χ4v) is 2.77. The van der Waals surface area contributed by atoms with Gasteiger partial charge >= 0.3 is 0 Å². The van der Waals surface area contributed by atoms with E-state index in [0.717, 1.165) is 31.6 Å². The van der Waals surface area contributed by atoms with Crippen molar-refractivity contribution in [2.75, 3.05) is 26.3 Å². The molecular formula is C15H31NO. The van der Waals surface area contributed by atoms with Crippen LogP contribution in [0, 0.1) is 17.3 Å². The third-order valence-corrected chi connectivity index (χ3v) is 4.08. The van der Waals surface area contributed by atoms with E-state index in [1.165, 1.54) is 32.2 Å². The molecule has 0 aliphatic carbocycles. The van der Waals surface area contributed by atoms with Crippen molar-refractivity contribution in [3.63, 3.8) is 0 Å². The van der Waals surface area contributed by atoms with Gasteiger partial charge in [0.1, 0.15) is 0 Å². The van der Waals surface area contributed by atoms with Gasteiger partial charge in [-0.2, -0.15) is 0 Å². The minimum Gasteiger partial charge on any atom is -0.381 e. The van der Waals surface area contributed by atoms with E-state index < -0.39 is 0 Å². The molecule has 1 saturated heterocycles. The SMILES string of the molecule is CCC(C)CC1(CNCC(C)C)CCOCC1. The van der Waals surface area contributed by atoms with Crippen molar-refractivity contribution in [2.24, 2.45) is 17.3 Å². The minimum atomic E-state index is 0.503. The second-order valence-electron chi connectivity index (χ2n) is 6.35. The van der Waals surface area contributed by atoms with Crippen LogP contribution in [0.3, 0.4) is 0 Å². The summed E-state index contributed by atoms with van der Waals surface area (Å²) in [5.41, 5.74) is 0.503. The summed E-state index contributed by atoms with van der Waals surface area (Å²) < 4.78 is 5.54. The highest BCUT2D eigenvalue weighted by Gasteiger charge is 2.33. The van der Waals surface area contributed by atoms with Crippen molar-refractivity contribution in [1.29, 1.82) is 0 Å². The first kappa shape index (κ1) is 15.0. The molecule has 0 radical (unpaired) electrons. The lowest BCUT2D eigenvalue weighted by molar-refractivity contribution is 0.00276. The predicted octanol–water partition coefficient (Wildman–Crippen LogP) is 3.47. The average molecular weight is 241 g/mol. The Balaban J connectivity index is 2.46. The molecule has 0 bridgehead atoms. The van der Waals surface area contributed by atoms with Crippen LogP contribution in [0.1, 0.15) is 53.4 Å². The van der Waals surface area contributed by atoms with E-state index in [9.17, 15) is 0 Å². The van der Waals surface area contributed by atoms with E-state index in [-0.39, 0.29) is 0 Å². The Labute approximate surface area is 108 Å². The highest BCUT2D eigenvalue weighted by Crippen LogP contribution is 2.37. The van der Waals surface area contributed by atoms with E-state index in [0.29, 0.717) is 5.41 Å². The van der Waals surface area contributed by atoms with Crippen molar-refractivity contribution in [3.8, 4) is 0 Å². The van der Waals surface area contributed by atoms with Gasteiger partial charge in [0.25, 0.3) is 0 Å². The molecule has 0 aromatic carbocycles. The molecule has 0 aromatic rings. The number of rotatable bonds is 7. The zero-order valence-electron chi connectivity index (χ0n) is 12.2. The number of hydrogen-bond acceptors (Lipinski definition) is 2. The third kappa shape index (κ3) is 5.39. The third-order valence-electron chi connectivity index (χ3n) is 4.08. The summed E-state index contributed by atoms with van der Waals surface area (Å²) in [5.74, 6) is 1.59. The minimum absolute atomic E-state index is 0.503. The second-order valence-corrected chi connectivity index (χ2v) is 6.35. The molecule has 17 heavy (non-hydrogen) atoms. The lowest BCUT2D eigenvalue weighted by atomic mass is 9.73. The van der Waals surface area contributed by atoms with Crippen LogP contribution in [0.15, 0.2) is 0 Å². The van der Waals surface area contributed by atoms with Gasteiger partial charge in [-0.05, 0) is 43.1 Å². The topological polar surface area (TPSA) is 21.3 Å². The molecule has 0 amide bonds. The molecule has 102 valence electrons. The molecule has 0 spiro atoms. The molecule has 2 heteroatoms. The Hall–Kier alpha value is -0.0800. The van der Waals surface area contributed by atoms with Gasteiger partial charge in [-0.15, -0.1) is 0 Å². The van der Waals surface area contributed by atoms with Crippen molar-refractivity contribution in [3.05, 3.63) is 0 Å². The van der Waals surface area contributed by atoms with Crippen molar-refractivity contribution in [2.45, 2.75) is 53.4 Å². The van der Waals surface area contributed by atoms with Crippen LogP contribution in [0.4, 0.5) is 0 Å². The van der Waals surface area contributed by atoms with E-state index >= 15 is 0 Å². The Kier molecular flexibility index (Phi) is 6.50. The van der Waals surface area contributed by atoms with Crippen LogP contribution in [0.2, 0.25) is 0 Å². The van der Waals surface area contributed by atoms with Crippen LogP contribution >= 0.6 is 0 Å². The molecule has 1 aliphatic heterocycles. The monoisotopic (exact) mass is 241 g/mol. The summed E-state index contributed by atoms with van der Waals surface area (Å²) in [7, 11) is 0. The fraction of sp³-hybridized carbons (Fsp3) is 1.00. The Morgan fingerprint density at radius 3 is 2.35 bits per heavy atom. The molecule has 1 atom stereocenters. The number of hydrogen-bond donors (Lipinski definition) is 1. The molecule has 1 fully saturated rings. The van der Waals surface area contributed by atoms with Gasteiger partial charge in [0.15, 0.2) is 0 Å². The molecule has 1 N–H and O–H groups in total. The van der Waals surface area contributed by atoms with Crippen molar-refractivity contribution < 1.29 is 4.74 Å². The first-order valence-corrected chi connectivity index (χ1v) is 7.36. The Morgan fingerprint density at radius 2 is 1.82 bits per heavy atom. The molecule has 1 heterocycles. The maximum absolute atomic E-state index is 5.54. The van der Waals surface area contributed by atoms with Gasteiger partial charge in [-0.3, -0.25) is 0 Å². The largest absolute Gasteiger partial charge is 0.381 e. The summed E-state index contributed by atoms with van der Waals surface area (Å²) in [5, 5.41) is 3.67. The van der Waals surface area contributed by atoms with Crippen LogP contribution in [-0.4, -0.2) is 26.3 Å². The lowest BCUT2D eigenvalue weighted by Gasteiger charge is -2.39. The van der Waals surface area contributed by atoms with Crippen LogP contribution < -0.4 is 5.32 Å². The molecule has 1 rings (SSSR count). The molecule has 1 unspecified atom stereocenters. The lowest BCUT2D eigenvalue weighted by Crippen LogP contribution is -2.41. The molecule has 1 aliphatic rings. The molecule has 2 nitrogen and oxygen atoms in total. The maximum Gasteiger partial charge on any atom is 0.0471 e. The summed E-state index contributed by atoms with van der Waals surface area (Å²) in [4.78, 5) is 0. The van der Waals surface area contributed by atoms with Gasteiger partial charge in [-0.25, -0.2) is 0 Å². The number of ether oxygens (including phenoxy) is 1. The van der Waals surface area contributed by atoms with Crippen LogP contribution in [0.25, 0.3) is 0 Å². The zero-order chi connectivity index (χ0) is 12.7. The smallest absolute Gasteiger partial charge is 0.0471 e. The van der Waals surface area contributed by atoms with Crippen LogP contribution in [-0.2, 0) is 4.74 Å². The highest BCUT2D eigenvalue weighted by molar-refractivity contribution is 4.85. The Morgan fingerprint density at radius 1 is 1.18 bits per heavy atom. The quantitative estimate of drug-likeness (QED) is 0.737. The van der Waals surface area contributed by atoms with Gasteiger partial charge in [-0.1, -0.05) is 34.1 Å². The van der Waals surface area contributed by atoms with E-state index in [1.54, 1.807) is 0 Å². The van der Waals surface area contributed by atoms with Gasteiger partial charge < -0.3 is 10.1 Å². The first-order chi connectivity index (χ1) is 8.08. The summed E-state index contributed by atoms with van der Waals surface area (Å²) >= 11 is 0. The van der Waals surface area contributed by atoms with E-state index in [4.69, 9.17) is 4.74 Å². The van der Waals surface area contributed by atoms with Gasteiger partial charge in [0.05, 0.1) is 0 Å². The standard InChI is InChI=1S/C15H31NO/c1-5-14(4)10-15(6-8-17-9-7-15)12-16-11-13(2)3/h13-14,16H,5-12H2,1-4H3. The Bertz CT molecular complexity index is 197. The van der Waals surface area contributed by atoms with Gasteiger partial charge in [0, 0.05) is 19.8 Å². The number of nitrogens with one attached hydrogen (secondary N) is 1. The molecule has 0 saturated carbocycles. The van der Waals surface area contributed by atoms with Crippen molar-refractivity contribution in [1.82, 2.24) is 5.32 Å². The average Bonchev–Trinajstić information content (AvgIpc) is 2.29. The fourth-order valence-electron chi connectivity index (χ4n) is 2.77. The van der Waals surface area contributed by atoms with E-state index in [1.807, 2.05) is 0 Å².